The van der Waals surface area contributed by atoms with Crippen LogP contribution in [0.25, 0.3) is 16.9 Å². The molecule has 0 saturated heterocycles. The summed E-state index contributed by atoms with van der Waals surface area (Å²) < 4.78 is 30.1. The highest BCUT2D eigenvalue weighted by Crippen LogP contribution is 2.25. The Bertz CT molecular complexity index is 786. The molecule has 2 heterocycles. The maximum Gasteiger partial charge on any atom is 0.163 e. The molecular weight excluding hydrogens is 286 g/mol. The van der Waals surface area contributed by atoms with Crippen LogP contribution in [0.5, 0.6) is 0 Å². The Labute approximate surface area is 118 Å². The van der Waals surface area contributed by atoms with Gasteiger partial charge in [0.2, 0.25) is 0 Å². The lowest BCUT2D eigenvalue weighted by Gasteiger charge is -2.08. The van der Waals surface area contributed by atoms with Crippen LogP contribution in [-0.2, 0) is 12.9 Å². The molecule has 7 heteroatoms. The minimum absolute atomic E-state index is 0.131. The fraction of sp³-hybridized carbons (Fsp3) is 0.231. The summed E-state index contributed by atoms with van der Waals surface area (Å²) in [6, 6.07) is 3.30. The number of benzene rings is 1. The quantitative estimate of drug-likeness (QED) is 0.681. The van der Waals surface area contributed by atoms with Crippen LogP contribution in [-0.4, -0.2) is 19.3 Å². The van der Waals surface area contributed by atoms with E-state index in [0.29, 0.717) is 22.7 Å². The standard InChI is InChI=1S/C13H11ClF2N4/c1-7-12-13(19(2)18-7)20(11(6-14)17-12)10-4-8(15)3-9(16)5-10/h3-5H,6H2,1-2H3. The van der Waals surface area contributed by atoms with Crippen molar-refractivity contribution >= 4 is 22.8 Å². The zero-order chi connectivity index (χ0) is 14.4. The molecule has 104 valence electrons. The first-order valence-electron chi connectivity index (χ1n) is 5.94. The summed E-state index contributed by atoms with van der Waals surface area (Å²) >= 11 is 5.89. The molecule has 0 unspecified atom stereocenters. The maximum atomic E-state index is 13.4. The van der Waals surface area contributed by atoms with Gasteiger partial charge in [-0.1, -0.05) is 0 Å². The van der Waals surface area contributed by atoms with E-state index in [1.165, 1.54) is 12.1 Å². The van der Waals surface area contributed by atoms with Crippen molar-refractivity contribution in [1.82, 2.24) is 19.3 Å². The molecule has 0 aliphatic carbocycles. The van der Waals surface area contributed by atoms with Gasteiger partial charge in [0, 0.05) is 13.1 Å². The van der Waals surface area contributed by atoms with Gasteiger partial charge in [0.1, 0.15) is 23.0 Å². The summed E-state index contributed by atoms with van der Waals surface area (Å²) in [5.41, 5.74) is 2.41. The Kier molecular flexibility index (Phi) is 2.97. The van der Waals surface area contributed by atoms with E-state index in [-0.39, 0.29) is 5.88 Å². The third-order valence-corrected chi connectivity index (χ3v) is 3.34. The summed E-state index contributed by atoms with van der Waals surface area (Å²) in [6.07, 6.45) is 0. The second-order valence-electron chi connectivity index (χ2n) is 4.51. The van der Waals surface area contributed by atoms with Crippen LogP contribution >= 0.6 is 11.6 Å². The molecule has 0 spiro atoms. The summed E-state index contributed by atoms with van der Waals surface area (Å²) in [7, 11) is 1.75. The smallest absolute Gasteiger partial charge is 0.163 e. The van der Waals surface area contributed by atoms with Gasteiger partial charge >= 0.3 is 0 Å². The third kappa shape index (κ3) is 1.87. The Hall–Kier alpha value is -1.95. The number of rotatable bonds is 2. The summed E-state index contributed by atoms with van der Waals surface area (Å²) in [4.78, 5) is 4.39. The second-order valence-corrected chi connectivity index (χ2v) is 4.77. The van der Waals surface area contributed by atoms with Gasteiger partial charge in [0.05, 0.1) is 17.3 Å². The van der Waals surface area contributed by atoms with Gasteiger partial charge in [-0.05, 0) is 19.1 Å². The molecule has 0 saturated carbocycles. The lowest BCUT2D eigenvalue weighted by atomic mass is 10.3. The molecule has 2 aromatic heterocycles. The number of aryl methyl sites for hydroxylation is 2. The van der Waals surface area contributed by atoms with Gasteiger partial charge in [-0.2, -0.15) is 5.10 Å². The highest BCUT2D eigenvalue weighted by atomic mass is 35.5. The fourth-order valence-electron chi connectivity index (χ4n) is 2.35. The number of imidazole rings is 1. The molecular formula is C13H11ClF2N4. The van der Waals surface area contributed by atoms with Gasteiger partial charge in [-0.3, -0.25) is 4.57 Å². The van der Waals surface area contributed by atoms with E-state index in [0.717, 1.165) is 11.8 Å². The van der Waals surface area contributed by atoms with E-state index >= 15 is 0 Å². The molecule has 0 radical (unpaired) electrons. The van der Waals surface area contributed by atoms with Crippen LogP contribution in [0.4, 0.5) is 8.78 Å². The molecule has 0 aliphatic rings. The molecule has 3 rings (SSSR count). The number of fused-ring (bicyclic) bond motifs is 1. The SMILES string of the molecule is Cc1nn(C)c2c1nc(CCl)n2-c1cc(F)cc(F)c1. The monoisotopic (exact) mass is 296 g/mol. The lowest BCUT2D eigenvalue weighted by molar-refractivity contribution is 0.581. The molecule has 0 N–H and O–H groups in total. The number of aromatic nitrogens is 4. The fourth-order valence-corrected chi connectivity index (χ4v) is 2.53. The lowest BCUT2D eigenvalue weighted by Crippen LogP contribution is -2.05. The van der Waals surface area contributed by atoms with Gasteiger partial charge in [-0.15, -0.1) is 11.6 Å². The molecule has 1 aromatic carbocycles. The van der Waals surface area contributed by atoms with Crippen molar-refractivity contribution in [3.05, 3.63) is 41.4 Å². The Balaban J connectivity index is 2.39. The van der Waals surface area contributed by atoms with E-state index in [1.807, 2.05) is 6.92 Å². The van der Waals surface area contributed by atoms with E-state index in [9.17, 15) is 8.78 Å². The summed E-state index contributed by atoms with van der Waals surface area (Å²) in [5.74, 6) is -0.656. The molecule has 0 atom stereocenters. The first-order valence-corrected chi connectivity index (χ1v) is 6.48. The maximum absolute atomic E-state index is 13.4. The van der Waals surface area contributed by atoms with Gasteiger partial charge in [0.15, 0.2) is 5.65 Å². The zero-order valence-corrected chi connectivity index (χ0v) is 11.6. The predicted molar refractivity (Wildman–Crippen MR) is 72.0 cm³/mol. The van der Waals surface area contributed by atoms with Crippen LogP contribution in [0.15, 0.2) is 18.2 Å². The molecule has 0 bridgehead atoms. The number of hydrogen-bond donors (Lipinski definition) is 0. The van der Waals surface area contributed by atoms with Crippen molar-refractivity contribution in [2.75, 3.05) is 0 Å². The summed E-state index contributed by atoms with van der Waals surface area (Å²) in [6.45, 7) is 1.82. The first kappa shape index (κ1) is 13.1. The van der Waals surface area contributed by atoms with Crippen molar-refractivity contribution in [1.29, 1.82) is 0 Å². The average Bonchev–Trinajstić information content (AvgIpc) is 2.87. The van der Waals surface area contributed by atoms with Crippen LogP contribution in [0.1, 0.15) is 11.5 Å². The van der Waals surface area contributed by atoms with Gasteiger partial charge < -0.3 is 0 Å². The second kappa shape index (κ2) is 4.56. The Morgan fingerprint density at radius 2 is 1.85 bits per heavy atom. The highest BCUT2D eigenvalue weighted by Gasteiger charge is 2.18. The van der Waals surface area contributed by atoms with E-state index in [2.05, 4.69) is 10.1 Å². The molecule has 0 amide bonds. The van der Waals surface area contributed by atoms with Crippen molar-refractivity contribution in [3.63, 3.8) is 0 Å². The first-order chi connectivity index (χ1) is 9.51. The van der Waals surface area contributed by atoms with Gasteiger partial charge in [-0.25, -0.2) is 18.4 Å². The van der Waals surface area contributed by atoms with E-state index in [1.54, 1.807) is 16.3 Å². The van der Waals surface area contributed by atoms with Crippen LogP contribution in [0, 0.1) is 18.6 Å². The van der Waals surface area contributed by atoms with Crippen molar-refractivity contribution in [3.8, 4) is 5.69 Å². The van der Waals surface area contributed by atoms with Crippen LogP contribution < -0.4 is 0 Å². The molecule has 0 aliphatic heterocycles. The molecule has 4 nitrogen and oxygen atoms in total. The largest absolute Gasteiger partial charge is 0.280 e. The normalized spacial score (nSPS) is 11.4. The minimum Gasteiger partial charge on any atom is -0.280 e. The van der Waals surface area contributed by atoms with Crippen molar-refractivity contribution < 1.29 is 8.78 Å². The van der Waals surface area contributed by atoms with Crippen molar-refractivity contribution in [2.45, 2.75) is 12.8 Å². The topological polar surface area (TPSA) is 35.6 Å². The molecule has 20 heavy (non-hydrogen) atoms. The number of alkyl halides is 1. The highest BCUT2D eigenvalue weighted by molar-refractivity contribution is 6.17. The Morgan fingerprint density at radius 1 is 1.20 bits per heavy atom. The molecule has 0 fully saturated rings. The average molecular weight is 297 g/mol. The Morgan fingerprint density at radius 3 is 2.45 bits per heavy atom. The molecule has 3 aromatic rings. The van der Waals surface area contributed by atoms with Crippen LogP contribution in [0.3, 0.4) is 0 Å². The van der Waals surface area contributed by atoms with Gasteiger partial charge in [0.25, 0.3) is 0 Å². The number of hydrogen-bond acceptors (Lipinski definition) is 2. The number of halogens is 3. The van der Waals surface area contributed by atoms with E-state index in [4.69, 9.17) is 11.6 Å². The van der Waals surface area contributed by atoms with Crippen LogP contribution in [0.2, 0.25) is 0 Å². The minimum atomic E-state index is -0.652. The zero-order valence-electron chi connectivity index (χ0n) is 10.9. The summed E-state index contributed by atoms with van der Waals surface area (Å²) in [5, 5.41) is 4.26. The van der Waals surface area contributed by atoms with Crippen molar-refractivity contribution in [2.24, 2.45) is 7.05 Å². The van der Waals surface area contributed by atoms with E-state index < -0.39 is 11.6 Å². The third-order valence-electron chi connectivity index (χ3n) is 3.10. The number of nitrogens with zero attached hydrogens (tertiary/aromatic N) is 4. The predicted octanol–water partition coefficient (Wildman–Crippen LogP) is 3.08.